The first-order chi connectivity index (χ1) is 7.06. The molecular formula is C11H14ClN3. The summed E-state index contributed by atoms with van der Waals surface area (Å²) in [5, 5.41) is 4.88. The second-order valence-electron chi connectivity index (χ2n) is 4.22. The second-order valence-corrected chi connectivity index (χ2v) is 4.61. The Morgan fingerprint density at radius 3 is 2.80 bits per heavy atom. The fourth-order valence-corrected chi connectivity index (χ4v) is 1.87. The van der Waals surface area contributed by atoms with E-state index in [-0.39, 0.29) is 0 Å². The van der Waals surface area contributed by atoms with Gasteiger partial charge in [0.25, 0.3) is 0 Å². The van der Waals surface area contributed by atoms with Gasteiger partial charge in [-0.05, 0) is 25.3 Å². The van der Waals surface area contributed by atoms with Gasteiger partial charge in [0.2, 0.25) is 0 Å². The van der Waals surface area contributed by atoms with Gasteiger partial charge < -0.3 is 0 Å². The van der Waals surface area contributed by atoms with Gasteiger partial charge in [-0.3, -0.25) is 0 Å². The normalized spacial score (nSPS) is 11.5. The van der Waals surface area contributed by atoms with E-state index >= 15 is 0 Å². The second kappa shape index (κ2) is 3.81. The third-order valence-electron chi connectivity index (χ3n) is 2.18. The average molecular weight is 224 g/mol. The number of nitrogens with zero attached hydrogens (tertiary/aromatic N) is 3. The van der Waals surface area contributed by atoms with Gasteiger partial charge in [0.1, 0.15) is 5.15 Å². The average Bonchev–Trinajstić information content (AvgIpc) is 2.44. The minimum absolute atomic E-state index is 0.583. The quantitative estimate of drug-likeness (QED) is 0.733. The van der Waals surface area contributed by atoms with Crippen molar-refractivity contribution in [3.8, 4) is 0 Å². The van der Waals surface area contributed by atoms with Crippen molar-refractivity contribution in [1.82, 2.24) is 14.6 Å². The van der Waals surface area contributed by atoms with Gasteiger partial charge in [-0.25, -0.2) is 9.50 Å². The molecule has 2 aromatic rings. The van der Waals surface area contributed by atoms with Gasteiger partial charge in [-0.15, -0.1) is 0 Å². The van der Waals surface area contributed by atoms with Crippen LogP contribution in [0.4, 0.5) is 0 Å². The van der Waals surface area contributed by atoms with E-state index < -0.39 is 0 Å². The summed E-state index contributed by atoms with van der Waals surface area (Å²) in [7, 11) is 0. The van der Waals surface area contributed by atoms with Crippen molar-refractivity contribution in [2.75, 3.05) is 0 Å². The fourth-order valence-electron chi connectivity index (χ4n) is 1.62. The van der Waals surface area contributed by atoms with Gasteiger partial charge in [0.05, 0.1) is 5.69 Å². The van der Waals surface area contributed by atoms with Crippen LogP contribution in [-0.4, -0.2) is 14.6 Å². The summed E-state index contributed by atoms with van der Waals surface area (Å²) >= 11 is 6.12. The largest absolute Gasteiger partial charge is 0.233 e. The Morgan fingerprint density at radius 1 is 1.40 bits per heavy atom. The van der Waals surface area contributed by atoms with Crippen LogP contribution in [0.15, 0.2) is 12.1 Å². The van der Waals surface area contributed by atoms with Crippen LogP contribution in [0.2, 0.25) is 5.15 Å². The smallest absolute Gasteiger partial charge is 0.157 e. The predicted molar refractivity (Wildman–Crippen MR) is 61.3 cm³/mol. The highest BCUT2D eigenvalue weighted by atomic mass is 35.5. The molecule has 80 valence electrons. The first-order valence-corrected chi connectivity index (χ1v) is 5.46. The molecule has 0 spiro atoms. The number of halogens is 1. The molecule has 0 fully saturated rings. The summed E-state index contributed by atoms with van der Waals surface area (Å²) in [5.41, 5.74) is 2.80. The maximum atomic E-state index is 6.12. The van der Waals surface area contributed by atoms with Gasteiger partial charge in [0.15, 0.2) is 5.65 Å². The van der Waals surface area contributed by atoms with Crippen molar-refractivity contribution in [3.05, 3.63) is 28.7 Å². The number of fused-ring (bicyclic) bond motifs is 1. The zero-order valence-corrected chi connectivity index (χ0v) is 9.91. The van der Waals surface area contributed by atoms with Crippen LogP contribution in [-0.2, 0) is 6.42 Å². The minimum atomic E-state index is 0.583. The monoisotopic (exact) mass is 223 g/mol. The molecule has 0 radical (unpaired) electrons. The van der Waals surface area contributed by atoms with Gasteiger partial charge in [0, 0.05) is 11.8 Å². The van der Waals surface area contributed by atoms with Crippen LogP contribution >= 0.6 is 11.6 Å². The zero-order chi connectivity index (χ0) is 11.0. The molecule has 0 unspecified atom stereocenters. The van der Waals surface area contributed by atoms with Gasteiger partial charge in [-0.2, -0.15) is 5.10 Å². The number of hydrogen-bond acceptors (Lipinski definition) is 2. The van der Waals surface area contributed by atoms with Crippen LogP contribution in [0.5, 0.6) is 0 Å². The highest BCUT2D eigenvalue weighted by Crippen LogP contribution is 2.16. The van der Waals surface area contributed by atoms with E-state index in [1.807, 2.05) is 19.1 Å². The van der Waals surface area contributed by atoms with E-state index in [0.29, 0.717) is 11.1 Å². The van der Waals surface area contributed by atoms with E-state index in [9.17, 15) is 0 Å². The summed E-state index contributed by atoms with van der Waals surface area (Å²) in [5.74, 6) is 0.583. The minimum Gasteiger partial charge on any atom is -0.233 e. The zero-order valence-electron chi connectivity index (χ0n) is 9.16. The highest BCUT2D eigenvalue weighted by molar-refractivity contribution is 6.29. The predicted octanol–water partition coefficient (Wildman–Crippen LogP) is 2.89. The maximum absolute atomic E-state index is 6.12. The summed E-state index contributed by atoms with van der Waals surface area (Å²) in [4.78, 5) is 4.51. The molecule has 0 saturated carbocycles. The lowest BCUT2D eigenvalue weighted by molar-refractivity contribution is 0.634. The van der Waals surface area contributed by atoms with Crippen molar-refractivity contribution in [3.63, 3.8) is 0 Å². The van der Waals surface area contributed by atoms with E-state index in [1.165, 1.54) is 0 Å². The highest BCUT2D eigenvalue weighted by Gasteiger charge is 2.07. The van der Waals surface area contributed by atoms with Gasteiger partial charge >= 0.3 is 0 Å². The molecule has 0 aliphatic carbocycles. The molecule has 2 aromatic heterocycles. The van der Waals surface area contributed by atoms with Crippen molar-refractivity contribution >= 4 is 17.2 Å². The topological polar surface area (TPSA) is 30.2 Å². The Labute approximate surface area is 94.1 Å². The lowest BCUT2D eigenvalue weighted by Crippen LogP contribution is -2.01. The van der Waals surface area contributed by atoms with Crippen LogP contribution in [0.3, 0.4) is 0 Å². The SMILES string of the molecule is Cc1cc2nc(CC(C)C)cc(Cl)n2n1. The van der Waals surface area contributed by atoms with Crippen LogP contribution < -0.4 is 0 Å². The molecule has 0 aromatic carbocycles. The molecule has 3 nitrogen and oxygen atoms in total. The van der Waals surface area contributed by atoms with Crippen LogP contribution in [0, 0.1) is 12.8 Å². The number of aromatic nitrogens is 3. The Bertz CT molecular complexity index is 488. The molecule has 0 aliphatic heterocycles. The number of aryl methyl sites for hydroxylation is 1. The van der Waals surface area contributed by atoms with Crippen molar-refractivity contribution in [2.24, 2.45) is 5.92 Å². The lowest BCUT2D eigenvalue weighted by Gasteiger charge is -2.05. The standard InChI is InChI=1S/C11H14ClN3/c1-7(2)4-9-6-10(12)15-11(13-9)5-8(3)14-15/h5-7H,4H2,1-3H3. The molecule has 4 heteroatoms. The maximum Gasteiger partial charge on any atom is 0.157 e. The lowest BCUT2D eigenvalue weighted by atomic mass is 10.1. The Kier molecular flexibility index (Phi) is 2.65. The summed E-state index contributed by atoms with van der Waals surface area (Å²) < 4.78 is 1.67. The van der Waals surface area contributed by atoms with E-state index in [2.05, 4.69) is 23.9 Å². The summed E-state index contributed by atoms with van der Waals surface area (Å²) in [6.45, 7) is 6.27. The van der Waals surface area contributed by atoms with E-state index in [0.717, 1.165) is 23.5 Å². The molecule has 0 aliphatic rings. The first kappa shape index (κ1) is 10.4. The Morgan fingerprint density at radius 2 is 2.13 bits per heavy atom. The molecule has 0 bridgehead atoms. The van der Waals surface area contributed by atoms with Crippen molar-refractivity contribution in [1.29, 1.82) is 0 Å². The fraction of sp³-hybridized carbons (Fsp3) is 0.455. The first-order valence-electron chi connectivity index (χ1n) is 5.08. The third kappa shape index (κ3) is 2.12. The molecule has 0 atom stereocenters. The molecular weight excluding hydrogens is 210 g/mol. The van der Waals surface area contributed by atoms with Crippen molar-refractivity contribution in [2.45, 2.75) is 27.2 Å². The van der Waals surface area contributed by atoms with Gasteiger partial charge in [-0.1, -0.05) is 25.4 Å². The Balaban J connectivity index is 2.51. The molecule has 0 saturated heterocycles. The van der Waals surface area contributed by atoms with Crippen molar-refractivity contribution < 1.29 is 0 Å². The van der Waals surface area contributed by atoms with Crippen LogP contribution in [0.1, 0.15) is 25.2 Å². The van der Waals surface area contributed by atoms with E-state index in [1.54, 1.807) is 4.52 Å². The Hall–Kier alpha value is -1.09. The summed E-state index contributed by atoms with van der Waals surface area (Å²) in [6.07, 6.45) is 0.945. The molecule has 2 rings (SSSR count). The summed E-state index contributed by atoms with van der Waals surface area (Å²) in [6, 6.07) is 3.83. The molecule has 0 amide bonds. The van der Waals surface area contributed by atoms with Crippen LogP contribution in [0.25, 0.3) is 5.65 Å². The molecule has 0 N–H and O–H groups in total. The molecule has 15 heavy (non-hydrogen) atoms. The third-order valence-corrected chi connectivity index (χ3v) is 2.45. The number of rotatable bonds is 2. The van der Waals surface area contributed by atoms with E-state index in [4.69, 9.17) is 11.6 Å². The number of hydrogen-bond donors (Lipinski definition) is 0. The molecule has 2 heterocycles.